The average Bonchev–Trinajstić information content (AvgIpc) is 2.59. The van der Waals surface area contributed by atoms with Gasteiger partial charge in [0.05, 0.1) is 25.1 Å². The Bertz CT molecular complexity index is 866. The molecule has 2 heterocycles. The number of halogens is 4. The van der Waals surface area contributed by atoms with E-state index in [1.165, 1.54) is 6.92 Å². The summed E-state index contributed by atoms with van der Waals surface area (Å²) < 4.78 is 61.1. The van der Waals surface area contributed by atoms with Crippen LogP contribution < -0.4 is 10.6 Å². The molecule has 26 heavy (non-hydrogen) atoms. The van der Waals surface area contributed by atoms with Crippen molar-refractivity contribution in [3.8, 4) is 0 Å². The van der Waals surface area contributed by atoms with Gasteiger partial charge >= 0.3 is 5.97 Å². The maximum atomic E-state index is 14.5. The second kappa shape index (κ2) is 6.56. The molecule has 0 spiro atoms. The number of ether oxygens (including phenoxy) is 1. The lowest BCUT2D eigenvalue weighted by Crippen LogP contribution is -2.43. The van der Waals surface area contributed by atoms with Crippen molar-refractivity contribution < 1.29 is 31.9 Å². The molecule has 0 aromatic heterocycles. The number of hydrogen-bond donors (Lipinski definition) is 2. The van der Waals surface area contributed by atoms with E-state index in [1.807, 2.05) is 0 Å². The Morgan fingerprint density at radius 2 is 1.77 bits per heavy atom. The van der Waals surface area contributed by atoms with Gasteiger partial charge in [0.1, 0.15) is 0 Å². The van der Waals surface area contributed by atoms with E-state index in [1.54, 1.807) is 0 Å². The highest BCUT2D eigenvalue weighted by molar-refractivity contribution is 6.04. The maximum absolute atomic E-state index is 14.5. The molecule has 1 unspecified atom stereocenters. The summed E-state index contributed by atoms with van der Waals surface area (Å²) in [5.74, 6) is -9.72. The van der Waals surface area contributed by atoms with Crippen LogP contribution in [0.2, 0.25) is 0 Å². The van der Waals surface area contributed by atoms with E-state index in [2.05, 4.69) is 15.4 Å². The highest BCUT2D eigenvalue weighted by atomic mass is 19.2. The van der Waals surface area contributed by atoms with Crippen LogP contribution in [-0.2, 0) is 14.3 Å². The quantitative estimate of drug-likeness (QED) is 0.472. The average molecular weight is 370 g/mol. The van der Waals surface area contributed by atoms with Crippen molar-refractivity contribution in [2.75, 3.05) is 20.2 Å². The van der Waals surface area contributed by atoms with Gasteiger partial charge in [-0.05, 0) is 6.92 Å². The number of allylic oxidation sites excluding steroid dienone is 1. The smallest absolute Gasteiger partial charge is 0.336 e. The molecule has 138 valence electrons. The van der Waals surface area contributed by atoms with Crippen LogP contribution in [0.1, 0.15) is 18.4 Å². The van der Waals surface area contributed by atoms with Crippen molar-refractivity contribution in [3.05, 3.63) is 57.4 Å². The Morgan fingerprint density at radius 1 is 1.15 bits per heavy atom. The zero-order valence-electron chi connectivity index (χ0n) is 13.8. The molecule has 1 atom stereocenters. The first-order valence-corrected chi connectivity index (χ1v) is 7.63. The first-order chi connectivity index (χ1) is 12.3. The van der Waals surface area contributed by atoms with Crippen LogP contribution in [-0.4, -0.2) is 32.0 Å². The molecule has 0 bridgehead atoms. The third-order valence-corrected chi connectivity index (χ3v) is 4.37. The highest BCUT2D eigenvalue weighted by Gasteiger charge is 2.42. The summed E-state index contributed by atoms with van der Waals surface area (Å²) in [6.45, 7) is 1.45. The third kappa shape index (κ3) is 2.68. The van der Waals surface area contributed by atoms with Gasteiger partial charge in [0, 0.05) is 35.1 Å². The molecule has 0 amide bonds. The van der Waals surface area contributed by atoms with Gasteiger partial charge in [-0.15, -0.1) is 0 Å². The largest absolute Gasteiger partial charge is 0.466 e. The minimum absolute atomic E-state index is 0.0726. The van der Waals surface area contributed by atoms with Gasteiger partial charge < -0.3 is 15.4 Å². The summed E-state index contributed by atoms with van der Waals surface area (Å²) >= 11 is 0. The van der Waals surface area contributed by atoms with Gasteiger partial charge in [-0.25, -0.2) is 22.4 Å². The Hall–Kier alpha value is -2.68. The van der Waals surface area contributed by atoms with Crippen LogP contribution in [0, 0.1) is 23.3 Å². The number of Topliss-reactive ketones (excluding diaryl/α,β-unsaturated/α-hetero) is 1. The zero-order valence-corrected chi connectivity index (χ0v) is 13.8. The van der Waals surface area contributed by atoms with Gasteiger partial charge in [-0.1, -0.05) is 0 Å². The van der Waals surface area contributed by atoms with Crippen LogP contribution in [0.5, 0.6) is 0 Å². The second-order valence-electron chi connectivity index (χ2n) is 5.89. The molecular formula is C17H14F4N2O3. The van der Waals surface area contributed by atoms with E-state index in [0.717, 1.165) is 7.11 Å². The summed E-state index contributed by atoms with van der Waals surface area (Å²) in [5, 5.41) is 5.62. The molecule has 0 radical (unpaired) electrons. The molecule has 2 N–H and O–H groups in total. The van der Waals surface area contributed by atoms with Gasteiger partial charge in [-0.2, -0.15) is 0 Å². The molecular weight excluding hydrogens is 356 g/mol. The lowest BCUT2D eigenvalue weighted by molar-refractivity contribution is -0.136. The minimum atomic E-state index is -1.66. The van der Waals surface area contributed by atoms with Gasteiger partial charge in [0.25, 0.3) is 0 Å². The van der Waals surface area contributed by atoms with Gasteiger partial charge in [-0.3, -0.25) is 4.79 Å². The lowest BCUT2D eigenvalue weighted by atomic mass is 9.77. The van der Waals surface area contributed by atoms with Crippen LogP contribution in [0.25, 0.3) is 0 Å². The zero-order chi connectivity index (χ0) is 19.2. The fourth-order valence-electron chi connectivity index (χ4n) is 3.28. The molecule has 2 aliphatic rings. The Balaban J connectivity index is 2.35. The number of dihydropyridines is 1. The van der Waals surface area contributed by atoms with E-state index in [-0.39, 0.29) is 41.7 Å². The van der Waals surface area contributed by atoms with Crippen LogP contribution in [0.15, 0.2) is 28.6 Å². The van der Waals surface area contributed by atoms with E-state index in [0.29, 0.717) is 0 Å². The van der Waals surface area contributed by atoms with Crippen LogP contribution in [0.4, 0.5) is 17.6 Å². The van der Waals surface area contributed by atoms with Crippen LogP contribution in [0.3, 0.4) is 0 Å². The van der Waals surface area contributed by atoms with Crippen molar-refractivity contribution in [2.45, 2.75) is 12.8 Å². The molecule has 5 nitrogen and oxygen atoms in total. The summed E-state index contributed by atoms with van der Waals surface area (Å²) in [6.07, 6.45) is 0. The third-order valence-electron chi connectivity index (χ3n) is 4.37. The number of esters is 1. The number of methoxy groups -OCH3 is 1. The minimum Gasteiger partial charge on any atom is -0.466 e. The normalized spacial score (nSPS) is 20.1. The first kappa shape index (κ1) is 18.1. The van der Waals surface area contributed by atoms with Crippen molar-refractivity contribution in [3.63, 3.8) is 0 Å². The molecule has 2 aliphatic heterocycles. The molecule has 9 heteroatoms. The van der Waals surface area contributed by atoms with Crippen molar-refractivity contribution >= 4 is 11.8 Å². The number of nitrogens with one attached hydrogen (secondary N) is 2. The molecule has 1 aromatic carbocycles. The van der Waals surface area contributed by atoms with Gasteiger partial charge in [0.15, 0.2) is 29.1 Å². The molecule has 0 saturated heterocycles. The van der Waals surface area contributed by atoms with E-state index >= 15 is 0 Å². The maximum Gasteiger partial charge on any atom is 0.336 e. The van der Waals surface area contributed by atoms with Crippen molar-refractivity contribution in [1.82, 2.24) is 10.6 Å². The van der Waals surface area contributed by atoms with E-state index in [4.69, 9.17) is 0 Å². The van der Waals surface area contributed by atoms with Crippen molar-refractivity contribution in [1.29, 1.82) is 0 Å². The van der Waals surface area contributed by atoms with Crippen molar-refractivity contribution in [2.24, 2.45) is 0 Å². The number of ketones is 1. The number of rotatable bonds is 2. The highest BCUT2D eigenvalue weighted by Crippen LogP contribution is 2.42. The number of hydrogen-bond acceptors (Lipinski definition) is 5. The SMILES string of the molecule is COC(=O)C1=C(C)NC2=C(C(=O)CNC2)C1c1c(F)c(F)cc(F)c1F. The molecule has 0 fully saturated rings. The lowest BCUT2D eigenvalue weighted by Gasteiger charge is -2.34. The van der Waals surface area contributed by atoms with Gasteiger partial charge in [0.2, 0.25) is 0 Å². The molecule has 0 saturated carbocycles. The monoisotopic (exact) mass is 370 g/mol. The first-order valence-electron chi connectivity index (χ1n) is 7.63. The Morgan fingerprint density at radius 3 is 2.35 bits per heavy atom. The fourth-order valence-corrected chi connectivity index (χ4v) is 3.28. The number of benzene rings is 1. The topological polar surface area (TPSA) is 67.4 Å². The standard InChI is InChI=1S/C17H14F4N2O3/c1-6-11(17(25)26-2)13(12-9(23-6)4-22-5-10(12)24)14-15(20)7(18)3-8(19)16(14)21/h3,13,22-23H,4-5H2,1-2H3. The predicted octanol–water partition coefficient (Wildman–Crippen LogP) is 1.80. The molecule has 3 rings (SSSR count). The Kier molecular flexibility index (Phi) is 4.57. The summed E-state index contributed by atoms with van der Waals surface area (Å²) in [5.41, 5.74) is -1.01. The Labute approximate surface area is 145 Å². The molecule has 1 aromatic rings. The van der Waals surface area contributed by atoms with E-state index in [9.17, 15) is 27.2 Å². The number of carbonyl (C=O) groups excluding carboxylic acids is 2. The number of carbonyl (C=O) groups is 2. The second-order valence-corrected chi connectivity index (χ2v) is 5.89. The fraction of sp³-hybridized carbons (Fsp3) is 0.294. The van der Waals surface area contributed by atoms with Crippen LogP contribution >= 0.6 is 0 Å². The summed E-state index contributed by atoms with van der Waals surface area (Å²) in [6, 6.07) is 0.0726. The molecule has 0 aliphatic carbocycles. The predicted molar refractivity (Wildman–Crippen MR) is 81.8 cm³/mol. The summed E-state index contributed by atoms with van der Waals surface area (Å²) in [4.78, 5) is 24.6. The summed E-state index contributed by atoms with van der Waals surface area (Å²) in [7, 11) is 1.05. The van der Waals surface area contributed by atoms with E-state index < -0.39 is 46.5 Å².